The van der Waals surface area contributed by atoms with E-state index >= 15 is 0 Å². The predicted molar refractivity (Wildman–Crippen MR) is 75.9 cm³/mol. The molecule has 2 nitrogen and oxygen atoms in total. The monoisotopic (exact) mass is 303 g/mol. The number of aryl methyl sites for hydroxylation is 2. The zero-order valence-electron chi connectivity index (χ0n) is 10.4. The third-order valence-electron chi connectivity index (χ3n) is 2.66. The molecule has 0 amide bonds. The number of ketones is 1. The minimum Gasteiger partial charge on any atom is -0.294 e. The van der Waals surface area contributed by atoms with E-state index in [4.69, 9.17) is 0 Å². The van der Waals surface area contributed by atoms with Gasteiger partial charge < -0.3 is 0 Å². The molecular weight excluding hydrogens is 290 g/mol. The van der Waals surface area contributed by atoms with Gasteiger partial charge in [0.25, 0.3) is 0 Å². The average molecular weight is 304 g/mol. The van der Waals surface area contributed by atoms with E-state index in [1.807, 2.05) is 50.2 Å². The van der Waals surface area contributed by atoms with Gasteiger partial charge in [-0.05, 0) is 43.7 Å². The van der Waals surface area contributed by atoms with Crippen LogP contribution in [0.25, 0.3) is 0 Å². The molecule has 1 heterocycles. The summed E-state index contributed by atoms with van der Waals surface area (Å²) in [7, 11) is 0. The molecule has 2 aromatic rings. The summed E-state index contributed by atoms with van der Waals surface area (Å²) in [5.74, 6) is 0.127. The summed E-state index contributed by atoms with van der Waals surface area (Å²) in [5.41, 5.74) is 3.52. The van der Waals surface area contributed by atoms with Crippen LogP contribution in [0.15, 0.2) is 40.9 Å². The van der Waals surface area contributed by atoms with Gasteiger partial charge in [-0.15, -0.1) is 0 Å². The number of nitrogens with zero attached hydrogens (tertiary/aromatic N) is 1. The normalized spacial score (nSPS) is 10.4. The van der Waals surface area contributed by atoms with Gasteiger partial charge in [0.1, 0.15) is 0 Å². The molecular formula is C15H14BrNO. The number of benzene rings is 1. The molecule has 0 atom stereocenters. The molecule has 1 aromatic carbocycles. The van der Waals surface area contributed by atoms with Crippen molar-refractivity contribution < 1.29 is 4.79 Å². The van der Waals surface area contributed by atoms with Crippen molar-refractivity contribution in [3.63, 3.8) is 0 Å². The number of halogens is 1. The van der Waals surface area contributed by atoms with Gasteiger partial charge in [-0.25, -0.2) is 0 Å². The molecule has 0 spiro atoms. The molecule has 0 aliphatic carbocycles. The molecule has 0 saturated heterocycles. The molecule has 2 rings (SSSR count). The Labute approximate surface area is 115 Å². The van der Waals surface area contributed by atoms with Crippen molar-refractivity contribution in [2.24, 2.45) is 0 Å². The second-order valence-electron chi connectivity index (χ2n) is 4.37. The topological polar surface area (TPSA) is 30.0 Å². The first-order valence-electron chi connectivity index (χ1n) is 5.77. The van der Waals surface area contributed by atoms with Gasteiger partial charge in [0, 0.05) is 27.8 Å². The summed E-state index contributed by atoms with van der Waals surface area (Å²) >= 11 is 3.41. The molecule has 18 heavy (non-hydrogen) atoms. The van der Waals surface area contributed by atoms with Crippen LogP contribution in [0.5, 0.6) is 0 Å². The molecule has 0 fully saturated rings. The fraction of sp³-hybridized carbons (Fsp3) is 0.200. The Morgan fingerprint density at radius 3 is 2.44 bits per heavy atom. The van der Waals surface area contributed by atoms with Crippen LogP contribution in [-0.4, -0.2) is 10.8 Å². The minimum atomic E-state index is 0.127. The van der Waals surface area contributed by atoms with E-state index in [-0.39, 0.29) is 5.78 Å². The van der Waals surface area contributed by atoms with E-state index in [0.29, 0.717) is 6.42 Å². The summed E-state index contributed by atoms with van der Waals surface area (Å²) in [5, 5.41) is 0. The number of rotatable bonds is 3. The average Bonchev–Trinajstić information content (AvgIpc) is 2.27. The highest BCUT2D eigenvalue weighted by Crippen LogP contribution is 2.14. The summed E-state index contributed by atoms with van der Waals surface area (Å²) in [6, 6.07) is 11.5. The number of aromatic nitrogens is 1. The zero-order chi connectivity index (χ0) is 13.1. The van der Waals surface area contributed by atoms with Crippen molar-refractivity contribution in [1.82, 2.24) is 4.98 Å². The van der Waals surface area contributed by atoms with Crippen molar-refractivity contribution in [2.75, 3.05) is 0 Å². The van der Waals surface area contributed by atoms with Crippen LogP contribution >= 0.6 is 15.9 Å². The van der Waals surface area contributed by atoms with E-state index in [1.165, 1.54) is 0 Å². The Kier molecular flexibility index (Phi) is 3.92. The lowest BCUT2D eigenvalue weighted by molar-refractivity contribution is 0.0992. The SMILES string of the molecule is Cc1cc(C(=O)Cc2cccc(Br)c2)cc(C)n1. The molecule has 0 saturated carbocycles. The van der Waals surface area contributed by atoms with Crippen LogP contribution in [0.2, 0.25) is 0 Å². The number of Topliss-reactive ketones (excluding diaryl/α,β-unsaturated/α-hetero) is 1. The first-order chi connectivity index (χ1) is 8.54. The smallest absolute Gasteiger partial charge is 0.167 e. The molecule has 0 unspecified atom stereocenters. The maximum Gasteiger partial charge on any atom is 0.167 e. The number of pyridine rings is 1. The Balaban J connectivity index is 2.22. The Hall–Kier alpha value is -1.48. The van der Waals surface area contributed by atoms with Crippen LogP contribution in [0, 0.1) is 13.8 Å². The highest BCUT2D eigenvalue weighted by Gasteiger charge is 2.08. The number of carbonyl (C=O) groups excluding carboxylic acids is 1. The lowest BCUT2D eigenvalue weighted by Crippen LogP contribution is -2.05. The summed E-state index contributed by atoms with van der Waals surface area (Å²) in [6.07, 6.45) is 0.419. The van der Waals surface area contributed by atoms with Gasteiger partial charge in [-0.1, -0.05) is 28.1 Å². The van der Waals surface area contributed by atoms with E-state index in [0.717, 1.165) is 27.0 Å². The summed E-state index contributed by atoms with van der Waals surface area (Å²) in [6.45, 7) is 3.81. The zero-order valence-corrected chi connectivity index (χ0v) is 12.0. The van der Waals surface area contributed by atoms with Gasteiger partial charge in [0.15, 0.2) is 5.78 Å². The Morgan fingerprint density at radius 2 is 1.83 bits per heavy atom. The largest absolute Gasteiger partial charge is 0.294 e. The van der Waals surface area contributed by atoms with Crippen LogP contribution in [0.3, 0.4) is 0 Å². The highest BCUT2D eigenvalue weighted by molar-refractivity contribution is 9.10. The first-order valence-corrected chi connectivity index (χ1v) is 6.57. The molecule has 92 valence electrons. The van der Waals surface area contributed by atoms with Gasteiger partial charge >= 0.3 is 0 Å². The second kappa shape index (κ2) is 5.44. The number of hydrogen-bond acceptors (Lipinski definition) is 2. The van der Waals surface area contributed by atoms with Gasteiger partial charge in [0.2, 0.25) is 0 Å². The van der Waals surface area contributed by atoms with Crippen molar-refractivity contribution in [3.8, 4) is 0 Å². The Bertz CT molecular complexity index is 573. The van der Waals surface area contributed by atoms with Gasteiger partial charge in [-0.2, -0.15) is 0 Å². The van der Waals surface area contributed by atoms with Crippen LogP contribution in [0.4, 0.5) is 0 Å². The standard InChI is InChI=1S/C15H14BrNO/c1-10-6-13(7-11(2)17-10)15(18)9-12-4-3-5-14(16)8-12/h3-8H,9H2,1-2H3. The maximum atomic E-state index is 12.2. The third-order valence-corrected chi connectivity index (χ3v) is 3.15. The highest BCUT2D eigenvalue weighted by atomic mass is 79.9. The molecule has 0 radical (unpaired) electrons. The Morgan fingerprint density at radius 1 is 1.17 bits per heavy atom. The third kappa shape index (κ3) is 3.26. The minimum absolute atomic E-state index is 0.127. The molecule has 0 aliphatic heterocycles. The fourth-order valence-electron chi connectivity index (χ4n) is 1.93. The molecule has 1 aromatic heterocycles. The van der Waals surface area contributed by atoms with E-state index in [9.17, 15) is 4.79 Å². The van der Waals surface area contributed by atoms with E-state index in [1.54, 1.807) is 0 Å². The van der Waals surface area contributed by atoms with E-state index < -0.39 is 0 Å². The predicted octanol–water partition coefficient (Wildman–Crippen LogP) is 3.89. The van der Waals surface area contributed by atoms with Crippen LogP contribution < -0.4 is 0 Å². The maximum absolute atomic E-state index is 12.2. The van der Waals surface area contributed by atoms with Crippen molar-refractivity contribution in [2.45, 2.75) is 20.3 Å². The number of hydrogen-bond donors (Lipinski definition) is 0. The fourth-order valence-corrected chi connectivity index (χ4v) is 2.38. The quantitative estimate of drug-likeness (QED) is 0.805. The number of carbonyl (C=O) groups is 1. The van der Waals surface area contributed by atoms with Gasteiger partial charge in [0.05, 0.1) is 0 Å². The van der Waals surface area contributed by atoms with Crippen molar-refractivity contribution in [3.05, 3.63) is 63.4 Å². The molecule has 0 aliphatic rings. The molecule has 3 heteroatoms. The summed E-state index contributed by atoms with van der Waals surface area (Å²) < 4.78 is 0.995. The second-order valence-corrected chi connectivity index (χ2v) is 5.28. The van der Waals surface area contributed by atoms with Crippen molar-refractivity contribution in [1.29, 1.82) is 0 Å². The lowest BCUT2D eigenvalue weighted by Gasteiger charge is -2.04. The van der Waals surface area contributed by atoms with Crippen molar-refractivity contribution >= 4 is 21.7 Å². The lowest BCUT2D eigenvalue weighted by atomic mass is 10.0. The van der Waals surface area contributed by atoms with Gasteiger partial charge in [-0.3, -0.25) is 9.78 Å². The molecule has 0 bridgehead atoms. The summed E-state index contributed by atoms with van der Waals surface area (Å²) in [4.78, 5) is 16.5. The molecule has 0 N–H and O–H groups in total. The van der Waals surface area contributed by atoms with E-state index in [2.05, 4.69) is 20.9 Å². The van der Waals surface area contributed by atoms with Crippen LogP contribution in [0.1, 0.15) is 27.3 Å². The van der Waals surface area contributed by atoms with Crippen LogP contribution in [-0.2, 0) is 6.42 Å². The first kappa shape index (κ1) is 13.0.